The highest BCUT2D eigenvalue weighted by atomic mass is 19.1. The Morgan fingerprint density at radius 2 is 1.79 bits per heavy atom. The van der Waals surface area contributed by atoms with Crippen LogP contribution in [0.4, 0.5) is 4.39 Å². The van der Waals surface area contributed by atoms with Crippen LogP contribution in [0.1, 0.15) is 28.4 Å². The van der Waals surface area contributed by atoms with Gasteiger partial charge >= 0.3 is 5.97 Å². The van der Waals surface area contributed by atoms with Gasteiger partial charge in [0.05, 0.1) is 19.8 Å². The maximum Gasteiger partial charge on any atom is 0.338 e. The Hall–Kier alpha value is -3.39. The zero-order chi connectivity index (χ0) is 23.8. The molecule has 3 rings (SSSR count). The summed E-state index contributed by atoms with van der Waals surface area (Å²) in [6.45, 7) is 4.23. The monoisotopic (exact) mass is 456 g/mol. The fourth-order valence-electron chi connectivity index (χ4n) is 3.74. The highest BCUT2D eigenvalue weighted by Gasteiger charge is 2.23. The number of hydrogen-bond acceptors (Lipinski definition) is 6. The second-order valence-electron chi connectivity index (χ2n) is 7.63. The summed E-state index contributed by atoms with van der Waals surface area (Å²) in [7, 11) is 3.01. The van der Waals surface area contributed by atoms with Crippen LogP contribution in [-0.4, -0.2) is 68.7 Å². The summed E-state index contributed by atoms with van der Waals surface area (Å²) in [5.41, 5.74) is 1.57. The quantitative estimate of drug-likeness (QED) is 0.568. The first kappa shape index (κ1) is 24.3. The van der Waals surface area contributed by atoms with Gasteiger partial charge in [-0.05, 0) is 25.1 Å². The van der Waals surface area contributed by atoms with Gasteiger partial charge in [-0.1, -0.05) is 30.4 Å². The molecule has 0 aromatic heterocycles. The van der Waals surface area contributed by atoms with E-state index in [4.69, 9.17) is 14.2 Å². The Morgan fingerprint density at radius 1 is 1.06 bits per heavy atom. The Kier molecular flexibility index (Phi) is 8.43. The fourth-order valence-corrected chi connectivity index (χ4v) is 3.74. The van der Waals surface area contributed by atoms with Crippen molar-refractivity contribution in [3.63, 3.8) is 0 Å². The van der Waals surface area contributed by atoms with Crippen molar-refractivity contribution in [1.82, 2.24) is 9.80 Å². The van der Waals surface area contributed by atoms with Crippen LogP contribution in [-0.2, 0) is 16.1 Å². The molecule has 0 aliphatic carbocycles. The molecule has 1 aliphatic rings. The summed E-state index contributed by atoms with van der Waals surface area (Å²) in [6.07, 6.45) is 3.62. The van der Waals surface area contributed by atoms with E-state index >= 15 is 0 Å². The van der Waals surface area contributed by atoms with E-state index in [0.717, 1.165) is 0 Å². The van der Waals surface area contributed by atoms with Crippen LogP contribution in [0.2, 0.25) is 0 Å². The molecule has 2 aromatic carbocycles. The molecule has 0 atom stereocenters. The zero-order valence-corrected chi connectivity index (χ0v) is 19.2. The number of carbonyl (C=O) groups excluding carboxylic acids is 2. The van der Waals surface area contributed by atoms with Crippen molar-refractivity contribution in [2.45, 2.75) is 13.5 Å². The topological polar surface area (TPSA) is 68.3 Å². The molecule has 176 valence electrons. The molecule has 1 saturated heterocycles. The number of piperazine rings is 1. The van der Waals surface area contributed by atoms with Gasteiger partial charge in [0.15, 0.2) is 18.1 Å². The van der Waals surface area contributed by atoms with E-state index in [0.29, 0.717) is 55.3 Å². The van der Waals surface area contributed by atoms with Crippen molar-refractivity contribution in [1.29, 1.82) is 0 Å². The molecule has 0 N–H and O–H groups in total. The summed E-state index contributed by atoms with van der Waals surface area (Å²) in [5.74, 6) is -0.194. The highest BCUT2D eigenvalue weighted by molar-refractivity contribution is 5.93. The van der Waals surface area contributed by atoms with E-state index in [1.54, 1.807) is 29.2 Å². The molecule has 0 unspecified atom stereocenters. The number of benzene rings is 2. The molecule has 1 heterocycles. The predicted molar refractivity (Wildman–Crippen MR) is 123 cm³/mol. The van der Waals surface area contributed by atoms with Crippen molar-refractivity contribution >= 4 is 18.0 Å². The van der Waals surface area contributed by atoms with Crippen molar-refractivity contribution < 1.29 is 28.2 Å². The first-order chi connectivity index (χ1) is 16.0. The third kappa shape index (κ3) is 6.10. The number of halogens is 1. The summed E-state index contributed by atoms with van der Waals surface area (Å²) in [4.78, 5) is 28.9. The largest absolute Gasteiger partial charge is 0.493 e. The second-order valence-corrected chi connectivity index (χ2v) is 7.63. The minimum Gasteiger partial charge on any atom is -0.493 e. The maximum atomic E-state index is 13.9. The minimum absolute atomic E-state index is 0.226. The van der Waals surface area contributed by atoms with E-state index in [2.05, 4.69) is 4.90 Å². The van der Waals surface area contributed by atoms with E-state index in [1.807, 2.05) is 19.1 Å². The van der Waals surface area contributed by atoms with Crippen molar-refractivity contribution in [3.05, 3.63) is 65.0 Å². The molecule has 1 aliphatic heterocycles. The molecular formula is C25H29FN2O5. The van der Waals surface area contributed by atoms with Crippen molar-refractivity contribution in [3.8, 4) is 11.5 Å². The van der Waals surface area contributed by atoms with Crippen LogP contribution in [0.5, 0.6) is 11.5 Å². The summed E-state index contributed by atoms with van der Waals surface area (Å²) < 4.78 is 29.8. The minimum atomic E-state index is -0.617. The van der Waals surface area contributed by atoms with E-state index in [1.165, 1.54) is 26.4 Å². The molecule has 0 spiro atoms. The normalized spacial score (nSPS) is 14.4. The van der Waals surface area contributed by atoms with Crippen LogP contribution in [0.15, 0.2) is 42.5 Å². The lowest BCUT2D eigenvalue weighted by Gasteiger charge is -2.34. The van der Waals surface area contributed by atoms with Crippen LogP contribution < -0.4 is 9.47 Å². The predicted octanol–water partition coefficient (Wildman–Crippen LogP) is 3.38. The molecule has 1 fully saturated rings. The SMILES string of the molecule is C/C=C/c1cc(C(=O)OCC(=O)N2CCN(Cc3ccccc3F)CC2)cc(OC)c1OC. The van der Waals surface area contributed by atoms with Crippen molar-refractivity contribution in [2.75, 3.05) is 47.0 Å². The zero-order valence-electron chi connectivity index (χ0n) is 19.2. The van der Waals surface area contributed by atoms with Gasteiger partial charge < -0.3 is 19.1 Å². The standard InChI is InChI=1S/C25H29FN2O5/c1-4-7-18-14-20(15-22(31-2)24(18)32-3)25(30)33-17-23(29)28-12-10-27(11-13-28)16-19-8-5-6-9-21(19)26/h4-9,14-15H,10-13,16-17H2,1-3H3/b7-4+. The molecular weight excluding hydrogens is 427 g/mol. The Morgan fingerprint density at radius 3 is 2.42 bits per heavy atom. The molecule has 0 saturated carbocycles. The van der Waals surface area contributed by atoms with E-state index in [-0.39, 0.29) is 23.9 Å². The van der Waals surface area contributed by atoms with Gasteiger partial charge in [0.1, 0.15) is 5.82 Å². The van der Waals surface area contributed by atoms with Gasteiger partial charge in [-0.15, -0.1) is 0 Å². The number of carbonyl (C=O) groups is 2. The van der Waals surface area contributed by atoms with Gasteiger partial charge in [-0.25, -0.2) is 9.18 Å². The molecule has 0 bridgehead atoms. The number of esters is 1. The lowest BCUT2D eigenvalue weighted by molar-refractivity contribution is -0.136. The average Bonchev–Trinajstić information content (AvgIpc) is 2.83. The van der Waals surface area contributed by atoms with Crippen LogP contribution >= 0.6 is 0 Å². The number of nitrogens with zero attached hydrogens (tertiary/aromatic N) is 2. The van der Waals surface area contributed by atoms with Gasteiger partial charge in [0.25, 0.3) is 5.91 Å². The summed E-state index contributed by atoms with van der Waals surface area (Å²) in [5, 5.41) is 0. The first-order valence-corrected chi connectivity index (χ1v) is 10.8. The molecule has 8 heteroatoms. The molecule has 7 nitrogen and oxygen atoms in total. The number of ether oxygens (including phenoxy) is 3. The Labute approximate surface area is 193 Å². The third-order valence-corrected chi connectivity index (χ3v) is 5.49. The van der Waals surface area contributed by atoms with Gasteiger partial charge in [0, 0.05) is 43.9 Å². The van der Waals surface area contributed by atoms with Gasteiger partial charge in [-0.3, -0.25) is 9.69 Å². The van der Waals surface area contributed by atoms with Gasteiger partial charge in [-0.2, -0.15) is 0 Å². The van der Waals surface area contributed by atoms with Crippen LogP contribution in [0.25, 0.3) is 6.08 Å². The first-order valence-electron chi connectivity index (χ1n) is 10.8. The smallest absolute Gasteiger partial charge is 0.338 e. The number of allylic oxidation sites excluding steroid dienone is 1. The van der Waals surface area contributed by atoms with E-state index in [9.17, 15) is 14.0 Å². The summed E-state index contributed by atoms with van der Waals surface area (Å²) in [6, 6.07) is 9.85. The third-order valence-electron chi connectivity index (χ3n) is 5.49. The highest BCUT2D eigenvalue weighted by Crippen LogP contribution is 2.33. The average molecular weight is 457 g/mol. The maximum absolute atomic E-state index is 13.9. The molecule has 1 amide bonds. The molecule has 2 aromatic rings. The number of amides is 1. The summed E-state index contributed by atoms with van der Waals surface area (Å²) >= 11 is 0. The molecule has 0 radical (unpaired) electrons. The number of rotatable bonds is 8. The van der Waals surface area contributed by atoms with E-state index < -0.39 is 5.97 Å². The van der Waals surface area contributed by atoms with Crippen LogP contribution in [0.3, 0.4) is 0 Å². The lowest BCUT2D eigenvalue weighted by atomic mass is 10.1. The second kappa shape index (κ2) is 11.5. The Bertz CT molecular complexity index is 1020. The molecule has 33 heavy (non-hydrogen) atoms. The lowest BCUT2D eigenvalue weighted by Crippen LogP contribution is -2.49. The Balaban J connectivity index is 1.54. The fraction of sp³-hybridized carbons (Fsp3) is 0.360. The van der Waals surface area contributed by atoms with Gasteiger partial charge in [0.2, 0.25) is 0 Å². The van der Waals surface area contributed by atoms with Crippen molar-refractivity contribution in [2.24, 2.45) is 0 Å². The number of methoxy groups -OCH3 is 2. The van der Waals surface area contributed by atoms with Crippen LogP contribution in [0, 0.1) is 5.82 Å². The number of hydrogen-bond donors (Lipinski definition) is 0.